The van der Waals surface area contributed by atoms with Gasteiger partial charge in [0.1, 0.15) is 48.3 Å². The number of H-pyrrole nitrogens is 1. The number of carboxylic acid groups (broad SMARTS) is 1. The first-order valence-electron chi connectivity index (χ1n) is 20.8. The van der Waals surface area contributed by atoms with Crippen molar-refractivity contribution in [3.05, 3.63) is 18.2 Å². The number of carbonyl (C=O) groups is 9. The van der Waals surface area contributed by atoms with Crippen LogP contribution in [0.3, 0.4) is 0 Å². The molecule has 0 spiro atoms. The lowest BCUT2D eigenvalue weighted by Gasteiger charge is -2.29. The van der Waals surface area contributed by atoms with Crippen LogP contribution in [-0.4, -0.2) is 169 Å². The van der Waals surface area contributed by atoms with E-state index in [-0.39, 0.29) is 18.8 Å². The van der Waals surface area contributed by atoms with Crippen LogP contribution in [0.4, 0.5) is 0 Å². The Morgan fingerprint density at radius 3 is 1.61 bits per heavy atom. The number of nitrogens with one attached hydrogen (secondary N) is 9. The Morgan fingerprint density at radius 1 is 0.641 bits per heavy atom. The summed E-state index contributed by atoms with van der Waals surface area (Å²) in [5.74, 6) is -10.3. The molecule has 362 valence electrons. The number of aliphatic hydroxyl groups excluding tert-OH is 4. The predicted molar refractivity (Wildman–Crippen MR) is 226 cm³/mol. The molecule has 25 nitrogen and oxygen atoms in total. The molecule has 0 aliphatic carbocycles. The summed E-state index contributed by atoms with van der Waals surface area (Å²) in [6.07, 6.45) is -0.179. The van der Waals surface area contributed by atoms with Gasteiger partial charge >= 0.3 is 5.97 Å². The van der Waals surface area contributed by atoms with Gasteiger partial charge in [-0.2, -0.15) is 0 Å². The van der Waals surface area contributed by atoms with Crippen molar-refractivity contribution < 1.29 is 68.7 Å². The van der Waals surface area contributed by atoms with Gasteiger partial charge in [-0.15, -0.1) is 0 Å². The number of aromatic nitrogens is 2. The molecule has 0 saturated carbocycles. The van der Waals surface area contributed by atoms with E-state index in [0.29, 0.717) is 12.1 Å². The predicted octanol–water partition coefficient (Wildman–Crippen LogP) is -5.63. The van der Waals surface area contributed by atoms with Crippen molar-refractivity contribution in [1.82, 2.24) is 52.5 Å². The van der Waals surface area contributed by atoms with Crippen molar-refractivity contribution in [2.45, 2.75) is 135 Å². The number of imidazole rings is 1. The molecule has 16 N–H and O–H groups in total. The number of hydrogen-bond acceptors (Lipinski definition) is 15. The van der Waals surface area contributed by atoms with Crippen molar-refractivity contribution in [2.24, 2.45) is 23.5 Å². The molecule has 8 amide bonds. The molecule has 11 atom stereocenters. The Bertz CT molecular complexity index is 1730. The van der Waals surface area contributed by atoms with Crippen LogP contribution in [0.5, 0.6) is 0 Å². The lowest BCUT2D eigenvalue weighted by atomic mass is 9.97. The summed E-state index contributed by atoms with van der Waals surface area (Å²) in [6, 6.07) is -11.8. The number of carboxylic acids is 1. The van der Waals surface area contributed by atoms with Gasteiger partial charge in [0, 0.05) is 18.3 Å². The lowest BCUT2D eigenvalue weighted by molar-refractivity contribution is -0.144. The average Bonchev–Trinajstić information content (AvgIpc) is 3.74. The van der Waals surface area contributed by atoms with E-state index in [0.717, 1.165) is 6.92 Å². The van der Waals surface area contributed by atoms with Gasteiger partial charge in [0.15, 0.2) is 0 Å². The standard InChI is InChI=1S/C39H67N11O14/c1-9-19(6)29(37(61)46-26(15-52)35(59)50-31(21(8)54)38(62)47-28(18(4)5)39(63)64)48-34(58)25(11-22-12-41-16-43-22)44-27(55)13-42-36(60)30(20(7)53)49-33(57)24(10-17(2)3)45-32(56)23(40)14-51/h12,16-21,23-26,28-31,51-54H,9-11,13-15,40H2,1-8H3,(H,41,43)(H,42,60)(H,44,55)(H,45,56)(H,46,61)(H,47,62)(H,48,58)(H,49,57)(H,50,59)(H,63,64)/t19-,20+,21+,23-,24-,25-,26-,28-,29-,30-,31-/m0/s1. The Balaban J connectivity index is 3.20. The Labute approximate surface area is 370 Å². The van der Waals surface area contributed by atoms with Crippen LogP contribution in [0.1, 0.15) is 73.9 Å². The van der Waals surface area contributed by atoms with Crippen molar-refractivity contribution in [2.75, 3.05) is 19.8 Å². The van der Waals surface area contributed by atoms with Crippen molar-refractivity contribution in [3.63, 3.8) is 0 Å². The van der Waals surface area contributed by atoms with Gasteiger partial charge in [0.25, 0.3) is 0 Å². The maximum Gasteiger partial charge on any atom is 0.326 e. The number of carbonyl (C=O) groups excluding carboxylic acids is 8. The third kappa shape index (κ3) is 18.5. The molecular formula is C39H67N11O14. The smallest absolute Gasteiger partial charge is 0.326 e. The number of aliphatic hydroxyl groups is 4. The SMILES string of the molecule is CC[C@H](C)[C@H](NC(=O)[C@H](Cc1cnc[nH]1)NC(=O)CNC(=O)[C@@H](NC(=O)[C@H](CC(C)C)NC(=O)[C@@H](N)CO)[C@@H](C)O)C(=O)N[C@@H](CO)C(=O)N[C@H](C(=O)N[C@H](C(=O)O)C(C)C)[C@@H](C)O. The van der Waals surface area contributed by atoms with Crippen LogP contribution in [0.25, 0.3) is 0 Å². The topological polar surface area (TPSA) is 406 Å². The molecule has 0 aliphatic heterocycles. The van der Waals surface area contributed by atoms with Gasteiger partial charge in [-0.25, -0.2) is 9.78 Å². The zero-order valence-corrected chi connectivity index (χ0v) is 37.3. The first-order chi connectivity index (χ1) is 29.9. The molecule has 0 radical (unpaired) electrons. The van der Waals surface area contributed by atoms with E-state index >= 15 is 0 Å². The van der Waals surface area contributed by atoms with E-state index in [1.807, 2.05) is 0 Å². The van der Waals surface area contributed by atoms with Crippen LogP contribution in [-0.2, 0) is 49.6 Å². The fraction of sp³-hybridized carbons (Fsp3) is 0.692. The molecule has 1 rings (SSSR count). The van der Waals surface area contributed by atoms with Crippen LogP contribution in [0.15, 0.2) is 12.5 Å². The maximum absolute atomic E-state index is 13.8. The molecule has 0 fully saturated rings. The fourth-order valence-corrected chi connectivity index (χ4v) is 5.90. The fourth-order valence-electron chi connectivity index (χ4n) is 5.90. The second-order valence-corrected chi connectivity index (χ2v) is 16.2. The van der Waals surface area contributed by atoms with Gasteiger partial charge in [-0.1, -0.05) is 48.0 Å². The Kier molecular flexibility index (Phi) is 24.1. The summed E-state index contributed by atoms with van der Waals surface area (Å²) in [6.45, 7) is 9.76. The monoisotopic (exact) mass is 913 g/mol. The molecule has 25 heteroatoms. The van der Waals surface area contributed by atoms with Crippen LogP contribution in [0, 0.1) is 17.8 Å². The van der Waals surface area contributed by atoms with E-state index in [1.165, 1.54) is 33.3 Å². The summed E-state index contributed by atoms with van der Waals surface area (Å²) >= 11 is 0. The van der Waals surface area contributed by atoms with E-state index in [2.05, 4.69) is 52.5 Å². The molecule has 0 unspecified atom stereocenters. The molecule has 0 saturated heterocycles. The molecule has 64 heavy (non-hydrogen) atoms. The molecule has 1 aromatic rings. The Morgan fingerprint density at radius 2 is 1.14 bits per heavy atom. The number of aliphatic carboxylic acids is 1. The molecule has 0 bridgehead atoms. The van der Waals surface area contributed by atoms with Gasteiger partial charge < -0.3 is 78.8 Å². The van der Waals surface area contributed by atoms with Gasteiger partial charge in [0.05, 0.1) is 38.3 Å². The number of nitrogens with two attached hydrogens (primary N) is 1. The van der Waals surface area contributed by atoms with E-state index in [9.17, 15) is 68.7 Å². The van der Waals surface area contributed by atoms with Crippen molar-refractivity contribution in [1.29, 1.82) is 0 Å². The second-order valence-electron chi connectivity index (χ2n) is 16.2. The summed E-state index contributed by atoms with van der Waals surface area (Å²) < 4.78 is 0. The largest absolute Gasteiger partial charge is 0.480 e. The number of nitrogens with zero attached hydrogens (tertiary/aromatic N) is 1. The first kappa shape index (κ1) is 56.3. The molecule has 1 aromatic heterocycles. The third-order valence-electron chi connectivity index (χ3n) is 9.89. The molecule has 1 heterocycles. The van der Waals surface area contributed by atoms with Crippen LogP contribution >= 0.6 is 0 Å². The quantitative estimate of drug-likeness (QED) is 0.0373. The minimum Gasteiger partial charge on any atom is -0.480 e. The summed E-state index contributed by atoms with van der Waals surface area (Å²) in [5, 5.41) is 68.2. The average molecular weight is 914 g/mol. The van der Waals surface area contributed by atoms with Gasteiger partial charge in [-0.05, 0) is 38.0 Å². The molecule has 0 aliphatic rings. The minimum atomic E-state index is -1.73. The molecular weight excluding hydrogens is 846 g/mol. The minimum absolute atomic E-state index is 0.101. The number of aromatic amines is 1. The van der Waals surface area contributed by atoms with Gasteiger partial charge in [0.2, 0.25) is 47.3 Å². The summed E-state index contributed by atoms with van der Waals surface area (Å²) in [5.41, 5.74) is 5.92. The highest BCUT2D eigenvalue weighted by molar-refractivity contribution is 5.97. The number of hydrogen-bond donors (Lipinski definition) is 15. The van der Waals surface area contributed by atoms with Crippen molar-refractivity contribution >= 4 is 53.2 Å². The third-order valence-corrected chi connectivity index (χ3v) is 9.89. The van der Waals surface area contributed by atoms with Gasteiger partial charge in [-0.3, -0.25) is 38.4 Å². The van der Waals surface area contributed by atoms with Crippen LogP contribution < -0.4 is 48.3 Å². The Hall–Kier alpha value is -5.76. The normalized spacial score (nSPS) is 16.5. The van der Waals surface area contributed by atoms with E-state index < -0.39 is 145 Å². The maximum atomic E-state index is 13.8. The van der Waals surface area contributed by atoms with Crippen LogP contribution in [0.2, 0.25) is 0 Å². The summed E-state index contributed by atoms with van der Waals surface area (Å²) in [7, 11) is 0. The zero-order valence-electron chi connectivity index (χ0n) is 37.3. The lowest BCUT2D eigenvalue weighted by Crippen LogP contribution is -2.62. The number of rotatable bonds is 28. The summed E-state index contributed by atoms with van der Waals surface area (Å²) in [4.78, 5) is 124. The highest BCUT2D eigenvalue weighted by Crippen LogP contribution is 2.11. The number of amides is 8. The van der Waals surface area contributed by atoms with Crippen molar-refractivity contribution in [3.8, 4) is 0 Å². The second kappa shape index (κ2) is 27.4. The highest BCUT2D eigenvalue weighted by atomic mass is 16.4. The van der Waals surface area contributed by atoms with E-state index in [1.54, 1.807) is 27.7 Å². The molecule has 0 aromatic carbocycles. The van der Waals surface area contributed by atoms with E-state index in [4.69, 9.17) is 5.73 Å². The zero-order chi connectivity index (χ0) is 49.0. The first-order valence-corrected chi connectivity index (χ1v) is 20.8. The highest BCUT2D eigenvalue weighted by Gasteiger charge is 2.36.